The summed E-state index contributed by atoms with van der Waals surface area (Å²) in [5, 5.41) is 22.1. The van der Waals surface area contributed by atoms with Crippen LogP contribution in [0.1, 0.15) is 30.6 Å². The number of pyridine rings is 2. The molecule has 1 saturated heterocycles. The Morgan fingerprint density at radius 1 is 1.21 bits per heavy atom. The van der Waals surface area contributed by atoms with Crippen LogP contribution in [0.4, 0.5) is 10.2 Å². The van der Waals surface area contributed by atoms with E-state index in [9.17, 15) is 14.3 Å². The van der Waals surface area contributed by atoms with Crippen molar-refractivity contribution < 1.29 is 23.8 Å². The fourth-order valence-corrected chi connectivity index (χ4v) is 4.74. The van der Waals surface area contributed by atoms with E-state index in [-0.39, 0.29) is 42.4 Å². The summed E-state index contributed by atoms with van der Waals surface area (Å²) in [5.74, 6) is -0.0459. The van der Waals surface area contributed by atoms with Gasteiger partial charge < -0.3 is 24.8 Å². The number of carbonyl (C=O) groups excluding carboxylic acids is 1. The predicted molar refractivity (Wildman–Crippen MR) is 131 cm³/mol. The van der Waals surface area contributed by atoms with Crippen LogP contribution in [-0.4, -0.2) is 84.2 Å². The zero-order valence-corrected chi connectivity index (χ0v) is 20.4. The fourth-order valence-electron chi connectivity index (χ4n) is 4.74. The number of nitrogens with one attached hydrogen (secondary N) is 1. The van der Waals surface area contributed by atoms with Gasteiger partial charge in [-0.25, -0.2) is 24.0 Å². The molecule has 1 unspecified atom stereocenters. The summed E-state index contributed by atoms with van der Waals surface area (Å²) >= 11 is 0. The highest BCUT2D eigenvalue weighted by Gasteiger charge is 2.27. The lowest BCUT2D eigenvalue weighted by Crippen LogP contribution is -2.37. The first-order valence-electron chi connectivity index (χ1n) is 12.1. The van der Waals surface area contributed by atoms with E-state index in [0.717, 1.165) is 19.0 Å². The van der Waals surface area contributed by atoms with Gasteiger partial charge >= 0.3 is 0 Å². The van der Waals surface area contributed by atoms with Gasteiger partial charge in [-0.2, -0.15) is 0 Å². The first kappa shape index (κ1) is 24.1. The number of amides is 1. The van der Waals surface area contributed by atoms with E-state index in [2.05, 4.69) is 40.5 Å². The third kappa shape index (κ3) is 4.59. The predicted octanol–water partition coefficient (Wildman–Crippen LogP) is 1.53. The minimum Gasteiger partial charge on any atom is -0.481 e. The fraction of sp³-hybridized carbons (Fsp3) is 0.375. The monoisotopic (exact) mass is 521 g/mol. The Morgan fingerprint density at radius 3 is 2.87 bits per heavy atom. The lowest BCUT2D eigenvalue weighted by Gasteiger charge is -2.33. The molecule has 4 aromatic rings. The van der Waals surface area contributed by atoms with E-state index in [4.69, 9.17) is 9.47 Å². The zero-order chi connectivity index (χ0) is 26.2. The maximum absolute atomic E-state index is 14.7. The molecule has 1 fully saturated rings. The molecule has 38 heavy (non-hydrogen) atoms. The number of halogens is 1. The van der Waals surface area contributed by atoms with Crippen molar-refractivity contribution in [2.24, 2.45) is 0 Å². The summed E-state index contributed by atoms with van der Waals surface area (Å²) in [7, 11) is 1.48. The molecule has 1 amide bonds. The summed E-state index contributed by atoms with van der Waals surface area (Å²) in [6.45, 7) is 1.52. The van der Waals surface area contributed by atoms with Crippen molar-refractivity contribution in [1.82, 2.24) is 39.8 Å². The first-order valence-corrected chi connectivity index (χ1v) is 12.1. The Kier molecular flexibility index (Phi) is 6.25. The minimum absolute atomic E-state index is 0.0906. The Balaban J connectivity index is 1.11. The van der Waals surface area contributed by atoms with Crippen LogP contribution in [-0.2, 0) is 4.79 Å². The van der Waals surface area contributed by atoms with Crippen LogP contribution in [0.5, 0.6) is 11.8 Å². The molecule has 2 N–H and O–H groups in total. The van der Waals surface area contributed by atoms with E-state index < -0.39 is 11.9 Å². The van der Waals surface area contributed by atoms with Gasteiger partial charge in [-0.1, -0.05) is 5.21 Å². The number of anilines is 1. The number of β-amino-alcohol motifs (C(OH)–C–C–N with tert-alkyl or cyclic N) is 1. The summed E-state index contributed by atoms with van der Waals surface area (Å²) in [5.41, 5.74) is 1.89. The number of likely N-dealkylation sites (tertiary alicyclic amines) is 1. The van der Waals surface area contributed by atoms with Crippen molar-refractivity contribution in [2.45, 2.75) is 25.0 Å². The van der Waals surface area contributed by atoms with Gasteiger partial charge in [-0.15, -0.1) is 5.10 Å². The topological polar surface area (TPSA) is 153 Å². The number of hydrogen-bond acceptors (Lipinski definition) is 11. The van der Waals surface area contributed by atoms with Crippen molar-refractivity contribution in [3.63, 3.8) is 0 Å². The lowest BCUT2D eigenvalue weighted by atomic mass is 10.0. The van der Waals surface area contributed by atoms with Gasteiger partial charge in [0.15, 0.2) is 12.4 Å². The second-order valence-electron chi connectivity index (χ2n) is 9.12. The second kappa shape index (κ2) is 9.87. The first-order chi connectivity index (χ1) is 18.5. The van der Waals surface area contributed by atoms with E-state index in [1.165, 1.54) is 13.3 Å². The largest absolute Gasteiger partial charge is 0.481 e. The molecule has 0 bridgehead atoms. The van der Waals surface area contributed by atoms with Gasteiger partial charge in [-0.05, 0) is 18.9 Å². The number of fused-ring (bicyclic) bond motifs is 2. The molecule has 0 saturated carbocycles. The molecular weight excluding hydrogens is 497 g/mol. The Labute approximate surface area is 215 Å². The normalized spacial score (nSPS) is 17.1. The van der Waals surface area contributed by atoms with Crippen molar-refractivity contribution in [1.29, 1.82) is 0 Å². The molecule has 6 heterocycles. The van der Waals surface area contributed by atoms with E-state index in [0.29, 0.717) is 41.4 Å². The van der Waals surface area contributed by atoms with Crippen molar-refractivity contribution in [3.8, 4) is 23.1 Å². The standard InChI is InChI=1S/C24H24FN9O4/c1-37-20-3-2-15-22(30-20)21(14(25)8-26-15)18(35)11-33-6-4-13(5-7-33)34-10-17(31-32-34)16-9-27-24-23(28-16)29-19(36)12-38-24/h2-3,8-10,13,18,35H,4-7,11-12H2,1H3,(H,28,29,36). The quantitative estimate of drug-likeness (QED) is 0.380. The Morgan fingerprint density at radius 2 is 2.05 bits per heavy atom. The van der Waals surface area contributed by atoms with Gasteiger partial charge in [0.2, 0.25) is 5.88 Å². The molecule has 4 aromatic heterocycles. The number of piperidine rings is 1. The maximum Gasteiger partial charge on any atom is 0.263 e. The molecule has 1 atom stereocenters. The smallest absolute Gasteiger partial charge is 0.263 e. The number of ether oxygens (including phenoxy) is 2. The molecule has 0 radical (unpaired) electrons. The number of rotatable bonds is 6. The van der Waals surface area contributed by atoms with Gasteiger partial charge in [0.05, 0.1) is 43.4 Å². The summed E-state index contributed by atoms with van der Waals surface area (Å²) in [6.07, 6.45) is 4.89. The third-order valence-corrected chi connectivity index (χ3v) is 6.69. The molecule has 14 heteroatoms. The molecule has 2 aliphatic heterocycles. The highest BCUT2D eigenvalue weighted by atomic mass is 19.1. The average Bonchev–Trinajstić information content (AvgIpc) is 3.43. The molecule has 196 valence electrons. The van der Waals surface area contributed by atoms with Gasteiger partial charge in [-0.3, -0.25) is 9.78 Å². The minimum atomic E-state index is -1.08. The van der Waals surface area contributed by atoms with Crippen molar-refractivity contribution >= 4 is 22.8 Å². The molecule has 0 aliphatic carbocycles. The molecule has 0 spiro atoms. The second-order valence-corrected chi connectivity index (χ2v) is 9.12. The van der Waals surface area contributed by atoms with Crippen LogP contribution >= 0.6 is 0 Å². The number of carbonyl (C=O) groups is 1. The lowest BCUT2D eigenvalue weighted by molar-refractivity contribution is -0.118. The van der Waals surface area contributed by atoms with Crippen LogP contribution in [0, 0.1) is 5.82 Å². The van der Waals surface area contributed by atoms with E-state index in [1.807, 2.05) is 0 Å². The van der Waals surface area contributed by atoms with Crippen molar-refractivity contribution in [2.75, 3.05) is 38.7 Å². The number of aliphatic hydroxyl groups is 1. The highest BCUT2D eigenvalue weighted by molar-refractivity contribution is 5.93. The maximum atomic E-state index is 14.7. The van der Waals surface area contributed by atoms with Crippen LogP contribution in [0.2, 0.25) is 0 Å². The van der Waals surface area contributed by atoms with Crippen LogP contribution in [0.3, 0.4) is 0 Å². The highest BCUT2D eigenvalue weighted by Crippen LogP contribution is 2.30. The summed E-state index contributed by atoms with van der Waals surface area (Å²) < 4.78 is 26.9. The van der Waals surface area contributed by atoms with Gasteiger partial charge in [0, 0.05) is 31.3 Å². The van der Waals surface area contributed by atoms with Crippen molar-refractivity contribution in [3.05, 3.63) is 42.1 Å². The number of methoxy groups -OCH3 is 1. The Hall–Kier alpha value is -4.30. The summed E-state index contributed by atoms with van der Waals surface area (Å²) in [4.78, 5) is 30.6. The van der Waals surface area contributed by atoms with Crippen LogP contribution in [0.15, 0.2) is 30.7 Å². The SMILES string of the molecule is COc1ccc2ncc(F)c(C(O)CN3CCC(n4cc(-c5cnc6c(n5)NC(=O)CO6)nn4)CC3)c2n1. The van der Waals surface area contributed by atoms with Crippen LogP contribution in [0.25, 0.3) is 22.4 Å². The van der Waals surface area contributed by atoms with Gasteiger partial charge in [0.1, 0.15) is 22.7 Å². The zero-order valence-electron chi connectivity index (χ0n) is 20.4. The molecule has 13 nitrogen and oxygen atoms in total. The number of hydrogen-bond donors (Lipinski definition) is 2. The molecule has 0 aromatic carbocycles. The van der Waals surface area contributed by atoms with Crippen LogP contribution < -0.4 is 14.8 Å². The number of aromatic nitrogens is 7. The molecule has 2 aliphatic rings. The summed E-state index contributed by atoms with van der Waals surface area (Å²) in [6, 6.07) is 3.44. The average molecular weight is 522 g/mol. The number of nitrogens with zero attached hydrogens (tertiary/aromatic N) is 8. The van der Waals surface area contributed by atoms with Gasteiger partial charge in [0.25, 0.3) is 11.8 Å². The molecule has 6 rings (SSSR count). The van der Waals surface area contributed by atoms with E-state index >= 15 is 0 Å². The Bertz CT molecular complexity index is 1510. The number of aliphatic hydroxyl groups excluding tert-OH is 1. The van der Waals surface area contributed by atoms with E-state index in [1.54, 1.807) is 23.0 Å². The molecular formula is C24H24FN9O4. The third-order valence-electron chi connectivity index (χ3n) is 6.69.